The van der Waals surface area contributed by atoms with E-state index in [2.05, 4.69) is 12.1 Å². The van der Waals surface area contributed by atoms with Gasteiger partial charge in [0.2, 0.25) is 0 Å². The van der Waals surface area contributed by atoms with Gasteiger partial charge in [0.15, 0.2) is 0 Å². The highest BCUT2D eigenvalue weighted by Crippen LogP contribution is 2.33. The summed E-state index contributed by atoms with van der Waals surface area (Å²) < 4.78 is 10.9. The Labute approximate surface area is 90.2 Å². The van der Waals surface area contributed by atoms with Gasteiger partial charge >= 0.3 is 0 Å². The largest absolute Gasteiger partial charge is 0.373 e. The quantitative estimate of drug-likeness (QED) is 0.764. The van der Waals surface area contributed by atoms with Crippen LogP contribution in [0, 0.1) is 0 Å². The van der Waals surface area contributed by atoms with Crippen LogP contribution in [0.25, 0.3) is 0 Å². The van der Waals surface area contributed by atoms with Crippen molar-refractivity contribution < 1.29 is 9.47 Å². The average Bonchev–Trinajstić information content (AvgIpc) is 2.24. The zero-order chi connectivity index (χ0) is 10.7. The number of benzene rings is 1. The van der Waals surface area contributed by atoms with E-state index in [1.165, 1.54) is 5.56 Å². The summed E-state index contributed by atoms with van der Waals surface area (Å²) in [5.74, 6) is 0. The van der Waals surface area contributed by atoms with Gasteiger partial charge in [-0.2, -0.15) is 0 Å². The summed E-state index contributed by atoms with van der Waals surface area (Å²) >= 11 is 0. The van der Waals surface area contributed by atoms with E-state index in [0.717, 1.165) is 12.8 Å². The highest BCUT2D eigenvalue weighted by Gasteiger charge is 2.41. The summed E-state index contributed by atoms with van der Waals surface area (Å²) in [6, 6.07) is 10.2. The van der Waals surface area contributed by atoms with Gasteiger partial charge in [-0.3, -0.25) is 0 Å². The molecule has 0 amide bonds. The monoisotopic (exact) mass is 207 g/mol. The molecule has 1 saturated carbocycles. The minimum atomic E-state index is -0.443. The Hall–Kier alpha value is -0.900. The maximum Gasteiger partial charge on any atom is 0.121 e. The summed E-state index contributed by atoms with van der Waals surface area (Å²) in [4.78, 5) is 0. The Balaban J connectivity index is 1.73. The van der Waals surface area contributed by atoms with E-state index in [1.54, 1.807) is 7.11 Å². The molecule has 0 aliphatic heterocycles. The third-order valence-corrected chi connectivity index (χ3v) is 2.88. The topological polar surface area (TPSA) is 44.5 Å². The first-order valence-electron chi connectivity index (χ1n) is 5.21. The zero-order valence-corrected chi connectivity index (χ0v) is 8.98. The van der Waals surface area contributed by atoms with Crippen LogP contribution in [-0.4, -0.2) is 18.9 Å². The normalized spacial score (nSPS) is 29.9. The van der Waals surface area contributed by atoms with Crippen LogP contribution in [0.5, 0.6) is 0 Å². The minimum Gasteiger partial charge on any atom is -0.373 e. The minimum absolute atomic E-state index is 0.246. The molecule has 15 heavy (non-hydrogen) atoms. The summed E-state index contributed by atoms with van der Waals surface area (Å²) in [5.41, 5.74) is 6.61. The van der Waals surface area contributed by atoms with Crippen molar-refractivity contribution in [2.24, 2.45) is 5.73 Å². The lowest BCUT2D eigenvalue weighted by atomic mass is 9.85. The first kappa shape index (κ1) is 10.6. The van der Waals surface area contributed by atoms with Crippen molar-refractivity contribution in [2.75, 3.05) is 7.11 Å². The lowest BCUT2D eigenvalue weighted by molar-refractivity contribution is -0.158. The Morgan fingerprint density at radius 2 is 2.00 bits per heavy atom. The summed E-state index contributed by atoms with van der Waals surface area (Å²) in [6.45, 7) is 0.658. The maximum absolute atomic E-state index is 5.86. The second-order valence-corrected chi connectivity index (χ2v) is 4.10. The third kappa shape index (κ3) is 2.56. The van der Waals surface area contributed by atoms with Crippen molar-refractivity contribution in [3.8, 4) is 0 Å². The van der Waals surface area contributed by atoms with E-state index in [-0.39, 0.29) is 6.10 Å². The van der Waals surface area contributed by atoms with E-state index in [4.69, 9.17) is 15.2 Å². The van der Waals surface area contributed by atoms with Gasteiger partial charge in [-0.05, 0) is 5.56 Å². The van der Waals surface area contributed by atoms with Crippen LogP contribution in [0.4, 0.5) is 0 Å². The average molecular weight is 207 g/mol. The number of hydrogen-bond acceptors (Lipinski definition) is 3. The predicted octanol–water partition coefficient (Wildman–Crippen LogP) is 1.67. The molecule has 0 spiro atoms. The van der Waals surface area contributed by atoms with Gasteiger partial charge in [0.1, 0.15) is 5.72 Å². The van der Waals surface area contributed by atoms with Gasteiger partial charge in [-0.1, -0.05) is 30.3 Å². The van der Waals surface area contributed by atoms with Gasteiger partial charge in [0, 0.05) is 20.0 Å². The Bertz CT molecular complexity index is 307. The molecule has 2 N–H and O–H groups in total. The fourth-order valence-electron chi connectivity index (χ4n) is 1.78. The van der Waals surface area contributed by atoms with Crippen LogP contribution >= 0.6 is 0 Å². The molecular weight excluding hydrogens is 190 g/mol. The molecular formula is C12H17NO2. The van der Waals surface area contributed by atoms with Gasteiger partial charge in [-0.25, -0.2) is 0 Å². The standard InChI is InChI=1S/C12H17NO2/c1-14-12(13)7-11(8-12)15-9-10-5-3-2-4-6-10/h2-6,11H,7-9,13H2,1H3. The third-order valence-electron chi connectivity index (χ3n) is 2.88. The van der Waals surface area contributed by atoms with E-state index in [1.807, 2.05) is 18.2 Å². The summed E-state index contributed by atoms with van der Waals surface area (Å²) in [5, 5.41) is 0. The van der Waals surface area contributed by atoms with Crippen molar-refractivity contribution in [1.82, 2.24) is 0 Å². The van der Waals surface area contributed by atoms with E-state index in [9.17, 15) is 0 Å². The summed E-state index contributed by atoms with van der Waals surface area (Å²) in [7, 11) is 1.65. The molecule has 0 radical (unpaired) electrons. The number of hydrogen-bond donors (Lipinski definition) is 1. The summed E-state index contributed by atoms with van der Waals surface area (Å²) in [6.07, 6.45) is 1.82. The second-order valence-electron chi connectivity index (χ2n) is 4.10. The Kier molecular flexibility index (Phi) is 3.05. The van der Waals surface area contributed by atoms with Crippen LogP contribution in [-0.2, 0) is 16.1 Å². The number of rotatable bonds is 4. The van der Waals surface area contributed by atoms with Crippen molar-refractivity contribution >= 4 is 0 Å². The van der Waals surface area contributed by atoms with Gasteiger partial charge in [0.25, 0.3) is 0 Å². The number of methoxy groups -OCH3 is 1. The zero-order valence-electron chi connectivity index (χ0n) is 8.98. The molecule has 3 nitrogen and oxygen atoms in total. The second kappa shape index (κ2) is 4.31. The van der Waals surface area contributed by atoms with E-state index < -0.39 is 5.72 Å². The van der Waals surface area contributed by atoms with E-state index in [0.29, 0.717) is 6.61 Å². The smallest absolute Gasteiger partial charge is 0.121 e. The molecule has 1 aromatic carbocycles. The van der Waals surface area contributed by atoms with Crippen molar-refractivity contribution in [3.63, 3.8) is 0 Å². The highest BCUT2D eigenvalue weighted by molar-refractivity contribution is 5.13. The fraction of sp³-hybridized carbons (Fsp3) is 0.500. The van der Waals surface area contributed by atoms with Crippen molar-refractivity contribution in [1.29, 1.82) is 0 Å². The molecule has 1 aliphatic rings. The van der Waals surface area contributed by atoms with Gasteiger partial charge in [-0.15, -0.1) is 0 Å². The van der Waals surface area contributed by atoms with Crippen LogP contribution in [0.2, 0.25) is 0 Å². The molecule has 3 heteroatoms. The lowest BCUT2D eigenvalue weighted by Crippen LogP contribution is -2.56. The van der Waals surface area contributed by atoms with Crippen LogP contribution in [0.1, 0.15) is 18.4 Å². The van der Waals surface area contributed by atoms with Crippen molar-refractivity contribution in [2.45, 2.75) is 31.3 Å². The maximum atomic E-state index is 5.86. The number of ether oxygens (including phenoxy) is 2. The molecule has 0 aromatic heterocycles. The van der Waals surface area contributed by atoms with Crippen LogP contribution < -0.4 is 5.73 Å². The lowest BCUT2D eigenvalue weighted by Gasteiger charge is -2.43. The Morgan fingerprint density at radius 3 is 2.60 bits per heavy atom. The van der Waals surface area contributed by atoms with Crippen molar-refractivity contribution in [3.05, 3.63) is 35.9 Å². The first-order valence-corrected chi connectivity index (χ1v) is 5.21. The van der Waals surface area contributed by atoms with Crippen LogP contribution in [0.3, 0.4) is 0 Å². The molecule has 2 rings (SSSR count). The molecule has 0 heterocycles. The number of nitrogens with two attached hydrogens (primary N) is 1. The molecule has 0 saturated heterocycles. The predicted molar refractivity (Wildman–Crippen MR) is 58.2 cm³/mol. The van der Waals surface area contributed by atoms with Gasteiger partial charge < -0.3 is 15.2 Å². The van der Waals surface area contributed by atoms with E-state index >= 15 is 0 Å². The molecule has 0 unspecified atom stereocenters. The molecule has 82 valence electrons. The SMILES string of the molecule is COC1(N)CC(OCc2ccccc2)C1. The molecule has 1 fully saturated rings. The first-order chi connectivity index (χ1) is 7.22. The molecule has 1 aromatic rings. The Morgan fingerprint density at radius 1 is 1.33 bits per heavy atom. The molecule has 0 bridgehead atoms. The fourth-order valence-corrected chi connectivity index (χ4v) is 1.78. The highest BCUT2D eigenvalue weighted by atomic mass is 16.5. The molecule has 1 aliphatic carbocycles. The van der Waals surface area contributed by atoms with Crippen LogP contribution in [0.15, 0.2) is 30.3 Å². The van der Waals surface area contributed by atoms with Gasteiger partial charge in [0.05, 0.1) is 12.7 Å². The molecule has 0 atom stereocenters.